The van der Waals surface area contributed by atoms with Crippen molar-refractivity contribution in [2.24, 2.45) is 0 Å². The van der Waals surface area contributed by atoms with Crippen LogP contribution in [0.5, 0.6) is 0 Å². The van der Waals surface area contributed by atoms with Crippen molar-refractivity contribution in [3.05, 3.63) is 48.0 Å². The van der Waals surface area contributed by atoms with Gasteiger partial charge in [0.25, 0.3) is 0 Å². The highest BCUT2D eigenvalue weighted by Gasteiger charge is 2.12. The van der Waals surface area contributed by atoms with Crippen molar-refractivity contribution in [1.29, 1.82) is 0 Å². The molecule has 1 aliphatic rings. The summed E-state index contributed by atoms with van der Waals surface area (Å²) in [5.41, 5.74) is 3.06. The van der Waals surface area contributed by atoms with E-state index >= 15 is 0 Å². The molecule has 0 radical (unpaired) electrons. The molecule has 1 aromatic rings. The second-order valence-corrected chi connectivity index (χ2v) is 3.10. The highest BCUT2D eigenvalue weighted by atomic mass is 16.2. The summed E-state index contributed by atoms with van der Waals surface area (Å²) in [6.45, 7) is 3.77. The molecule has 1 nitrogen and oxygen atoms in total. The van der Waals surface area contributed by atoms with Crippen LogP contribution in [0.15, 0.2) is 36.9 Å². The Morgan fingerprint density at radius 1 is 1.31 bits per heavy atom. The molecular weight excluding hydrogens is 160 g/mol. The minimum absolute atomic E-state index is 0.284. The lowest BCUT2D eigenvalue weighted by Crippen LogP contribution is -1.76. The summed E-state index contributed by atoms with van der Waals surface area (Å²) in [7, 11) is 0. The fraction of sp³-hybridized carbons (Fsp3) is 0.333. The SMILES string of the molecule is C=CCCCO.c1ccc2c(c1)C2. The summed E-state index contributed by atoms with van der Waals surface area (Å²) in [4.78, 5) is 0. The van der Waals surface area contributed by atoms with E-state index in [4.69, 9.17) is 5.11 Å². The van der Waals surface area contributed by atoms with Crippen LogP contribution in [0.25, 0.3) is 0 Å². The van der Waals surface area contributed by atoms with Gasteiger partial charge in [-0.15, -0.1) is 6.58 Å². The van der Waals surface area contributed by atoms with Gasteiger partial charge in [0.2, 0.25) is 0 Å². The van der Waals surface area contributed by atoms with Gasteiger partial charge >= 0.3 is 0 Å². The zero-order chi connectivity index (χ0) is 9.52. The highest BCUT2D eigenvalue weighted by molar-refractivity contribution is 5.44. The Balaban J connectivity index is 0.000000133. The number of unbranched alkanes of at least 4 members (excludes halogenated alkanes) is 1. The van der Waals surface area contributed by atoms with E-state index in [9.17, 15) is 0 Å². The topological polar surface area (TPSA) is 20.2 Å². The molecular formula is C12H16O. The third kappa shape index (κ3) is 3.90. The molecule has 2 rings (SSSR count). The first kappa shape index (κ1) is 10.0. The van der Waals surface area contributed by atoms with Gasteiger partial charge in [-0.2, -0.15) is 0 Å². The Labute approximate surface area is 79.7 Å². The second-order valence-electron chi connectivity index (χ2n) is 3.10. The van der Waals surface area contributed by atoms with Crippen molar-refractivity contribution in [2.45, 2.75) is 19.3 Å². The van der Waals surface area contributed by atoms with Crippen molar-refractivity contribution in [3.8, 4) is 0 Å². The van der Waals surface area contributed by atoms with Crippen molar-refractivity contribution in [3.63, 3.8) is 0 Å². The maximum absolute atomic E-state index is 8.15. The van der Waals surface area contributed by atoms with E-state index in [2.05, 4.69) is 30.8 Å². The van der Waals surface area contributed by atoms with E-state index in [1.165, 1.54) is 17.5 Å². The number of hydrogen-bond acceptors (Lipinski definition) is 1. The quantitative estimate of drug-likeness (QED) is 0.563. The fourth-order valence-electron chi connectivity index (χ4n) is 1.07. The summed E-state index contributed by atoms with van der Waals surface area (Å²) < 4.78 is 0. The number of benzene rings is 1. The Bertz CT molecular complexity index is 245. The number of aliphatic hydroxyl groups is 1. The average Bonchev–Trinajstić information content (AvgIpc) is 2.94. The van der Waals surface area contributed by atoms with E-state index in [0.717, 1.165) is 12.8 Å². The Hall–Kier alpha value is -1.08. The summed E-state index contributed by atoms with van der Waals surface area (Å²) in [5, 5.41) is 8.15. The molecule has 70 valence electrons. The maximum atomic E-state index is 8.15. The molecule has 0 saturated carbocycles. The van der Waals surface area contributed by atoms with E-state index < -0.39 is 0 Å². The fourth-order valence-corrected chi connectivity index (χ4v) is 1.07. The van der Waals surface area contributed by atoms with Gasteiger partial charge in [0.05, 0.1) is 0 Å². The number of hydrogen-bond donors (Lipinski definition) is 1. The van der Waals surface area contributed by atoms with Crippen LogP contribution in [0.4, 0.5) is 0 Å². The molecule has 0 aliphatic heterocycles. The molecule has 0 unspecified atom stereocenters. The molecule has 0 fully saturated rings. The minimum atomic E-state index is 0.284. The maximum Gasteiger partial charge on any atom is 0.0433 e. The van der Waals surface area contributed by atoms with Crippen LogP contribution in [-0.2, 0) is 6.42 Å². The number of allylic oxidation sites excluding steroid dienone is 1. The molecule has 1 aromatic carbocycles. The smallest absolute Gasteiger partial charge is 0.0433 e. The van der Waals surface area contributed by atoms with Gasteiger partial charge in [-0.25, -0.2) is 0 Å². The minimum Gasteiger partial charge on any atom is -0.396 e. The van der Waals surface area contributed by atoms with Crippen LogP contribution >= 0.6 is 0 Å². The normalized spacial score (nSPS) is 10.8. The van der Waals surface area contributed by atoms with Crippen LogP contribution in [0, 0.1) is 0 Å². The molecule has 0 heterocycles. The van der Waals surface area contributed by atoms with E-state index in [1.807, 2.05) is 0 Å². The van der Waals surface area contributed by atoms with E-state index in [-0.39, 0.29) is 6.61 Å². The first-order valence-electron chi connectivity index (χ1n) is 4.67. The van der Waals surface area contributed by atoms with Crippen molar-refractivity contribution >= 4 is 0 Å². The lowest BCUT2D eigenvalue weighted by atomic mass is 10.3. The monoisotopic (exact) mass is 176 g/mol. The zero-order valence-electron chi connectivity index (χ0n) is 7.87. The molecule has 1 heteroatoms. The molecule has 0 atom stereocenters. The Kier molecular flexibility index (Phi) is 4.27. The number of fused-ring (bicyclic) bond motifs is 1. The van der Waals surface area contributed by atoms with Gasteiger partial charge < -0.3 is 5.11 Å². The third-order valence-electron chi connectivity index (χ3n) is 1.94. The van der Waals surface area contributed by atoms with Crippen LogP contribution in [0.3, 0.4) is 0 Å². The Morgan fingerprint density at radius 2 is 1.92 bits per heavy atom. The largest absolute Gasteiger partial charge is 0.396 e. The summed E-state index contributed by atoms with van der Waals surface area (Å²) in [5.74, 6) is 0. The van der Waals surface area contributed by atoms with Crippen LogP contribution in [-0.4, -0.2) is 11.7 Å². The summed E-state index contributed by atoms with van der Waals surface area (Å²) in [6.07, 6.45) is 4.82. The van der Waals surface area contributed by atoms with Crippen molar-refractivity contribution < 1.29 is 5.11 Å². The summed E-state index contributed by atoms with van der Waals surface area (Å²) >= 11 is 0. The number of aliphatic hydroxyl groups excluding tert-OH is 1. The van der Waals surface area contributed by atoms with Crippen LogP contribution < -0.4 is 0 Å². The second kappa shape index (κ2) is 5.55. The van der Waals surface area contributed by atoms with Gasteiger partial charge in [-0.05, 0) is 30.4 Å². The zero-order valence-corrected chi connectivity index (χ0v) is 7.87. The predicted molar refractivity (Wildman–Crippen MR) is 55.8 cm³/mol. The van der Waals surface area contributed by atoms with Gasteiger partial charge in [-0.1, -0.05) is 30.3 Å². The predicted octanol–water partition coefficient (Wildman–Crippen LogP) is 2.54. The van der Waals surface area contributed by atoms with Crippen LogP contribution in [0.1, 0.15) is 24.0 Å². The standard InChI is InChI=1S/C7H6.C5H10O/c1-2-4-7-5-6(7)3-1;1-2-3-4-5-6/h1-4H,5H2;2,6H,1,3-5H2. The van der Waals surface area contributed by atoms with Gasteiger partial charge in [0.1, 0.15) is 0 Å². The molecule has 13 heavy (non-hydrogen) atoms. The molecule has 1 N–H and O–H groups in total. The molecule has 0 spiro atoms. The Morgan fingerprint density at radius 3 is 2.23 bits per heavy atom. The first-order chi connectivity index (χ1) is 6.38. The van der Waals surface area contributed by atoms with Crippen LogP contribution in [0.2, 0.25) is 0 Å². The van der Waals surface area contributed by atoms with Crippen molar-refractivity contribution in [1.82, 2.24) is 0 Å². The molecule has 0 saturated heterocycles. The lowest BCUT2D eigenvalue weighted by Gasteiger charge is -1.81. The van der Waals surface area contributed by atoms with Gasteiger partial charge in [0.15, 0.2) is 0 Å². The first-order valence-corrected chi connectivity index (χ1v) is 4.67. The van der Waals surface area contributed by atoms with Gasteiger partial charge in [0, 0.05) is 6.61 Å². The van der Waals surface area contributed by atoms with Crippen molar-refractivity contribution in [2.75, 3.05) is 6.61 Å². The molecule has 0 aromatic heterocycles. The lowest BCUT2D eigenvalue weighted by molar-refractivity contribution is 0.289. The highest BCUT2D eigenvalue weighted by Crippen LogP contribution is 2.25. The molecule has 1 aliphatic carbocycles. The average molecular weight is 176 g/mol. The van der Waals surface area contributed by atoms with E-state index in [0.29, 0.717) is 0 Å². The van der Waals surface area contributed by atoms with Gasteiger partial charge in [-0.3, -0.25) is 0 Å². The third-order valence-corrected chi connectivity index (χ3v) is 1.94. The number of rotatable bonds is 3. The molecule has 0 amide bonds. The molecule has 0 bridgehead atoms. The summed E-state index contributed by atoms with van der Waals surface area (Å²) in [6, 6.07) is 8.53. The van der Waals surface area contributed by atoms with E-state index in [1.54, 1.807) is 6.08 Å².